The van der Waals surface area contributed by atoms with Crippen LogP contribution in [-0.4, -0.2) is 24.1 Å². The Balaban J connectivity index is 1.20. The van der Waals surface area contributed by atoms with E-state index >= 15 is 0 Å². The van der Waals surface area contributed by atoms with Crippen molar-refractivity contribution < 1.29 is 0 Å². The third-order valence-electron chi connectivity index (χ3n) is 10.8. The summed E-state index contributed by atoms with van der Waals surface area (Å²) in [6.07, 6.45) is 0. The molecule has 0 unspecified atom stereocenters. The van der Waals surface area contributed by atoms with Crippen molar-refractivity contribution >= 4 is 43.6 Å². The maximum atomic E-state index is 5.37. The first kappa shape index (κ1) is 31.9. The van der Waals surface area contributed by atoms with Crippen LogP contribution in [0.2, 0.25) is 0 Å². The fraction of sp³-hybridized carbons (Fsp3) is 0. The summed E-state index contributed by atoms with van der Waals surface area (Å²) in [5.41, 5.74) is 11.8. The smallest absolute Gasteiger partial charge is 0.238 e. The third-order valence-corrected chi connectivity index (χ3v) is 10.8. The summed E-state index contributed by atoms with van der Waals surface area (Å²) < 4.78 is 4.60. The zero-order valence-electron chi connectivity index (χ0n) is 30.3. The molecule has 0 aliphatic carbocycles. The van der Waals surface area contributed by atoms with Gasteiger partial charge in [-0.1, -0.05) is 164 Å². The van der Waals surface area contributed by atoms with Gasteiger partial charge in [-0.15, -0.1) is 0 Å². The molecule has 5 nitrogen and oxygen atoms in total. The van der Waals surface area contributed by atoms with Gasteiger partial charge in [0.2, 0.25) is 5.95 Å². The van der Waals surface area contributed by atoms with Gasteiger partial charge in [0, 0.05) is 43.8 Å². The molecule has 0 aliphatic heterocycles. The highest BCUT2D eigenvalue weighted by Crippen LogP contribution is 2.40. The van der Waals surface area contributed by atoms with E-state index in [9.17, 15) is 0 Å². The molecule has 0 amide bonds. The molecule has 0 fully saturated rings. The monoisotopic (exact) mass is 715 g/mol. The number of fused-ring (bicyclic) bond motifs is 6. The second-order valence-electron chi connectivity index (χ2n) is 14.0. The summed E-state index contributed by atoms with van der Waals surface area (Å²) >= 11 is 0. The largest absolute Gasteiger partial charge is 0.309 e. The van der Waals surface area contributed by atoms with Gasteiger partial charge in [0.15, 0.2) is 11.6 Å². The number of nitrogens with zero attached hydrogens (tertiary/aromatic N) is 5. The van der Waals surface area contributed by atoms with Gasteiger partial charge < -0.3 is 4.57 Å². The molecule has 3 heterocycles. The number of hydrogen-bond acceptors (Lipinski definition) is 3. The van der Waals surface area contributed by atoms with Crippen LogP contribution in [0.1, 0.15) is 0 Å². The van der Waals surface area contributed by atoms with E-state index in [0.717, 1.165) is 71.9 Å². The van der Waals surface area contributed by atoms with E-state index in [1.54, 1.807) is 0 Å². The highest BCUT2D eigenvalue weighted by atomic mass is 15.2. The summed E-state index contributed by atoms with van der Waals surface area (Å²) in [4.78, 5) is 15.8. The average molecular weight is 716 g/mol. The molecule has 56 heavy (non-hydrogen) atoms. The van der Waals surface area contributed by atoms with E-state index in [0.29, 0.717) is 17.6 Å². The van der Waals surface area contributed by atoms with E-state index < -0.39 is 0 Å². The van der Waals surface area contributed by atoms with Crippen LogP contribution < -0.4 is 0 Å². The molecule has 5 heteroatoms. The average Bonchev–Trinajstić information content (AvgIpc) is 3.80. The van der Waals surface area contributed by atoms with Crippen LogP contribution in [0.5, 0.6) is 0 Å². The number of aromatic nitrogens is 5. The Morgan fingerprint density at radius 1 is 0.304 bits per heavy atom. The Morgan fingerprint density at radius 3 is 1.38 bits per heavy atom. The Hall–Kier alpha value is -7.63. The van der Waals surface area contributed by atoms with Crippen molar-refractivity contribution in [2.75, 3.05) is 0 Å². The predicted octanol–water partition coefficient (Wildman–Crippen LogP) is 12.7. The summed E-state index contributed by atoms with van der Waals surface area (Å²) in [7, 11) is 0. The highest BCUT2D eigenvalue weighted by molar-refractivity contribution is 6.14. The lowest BCUT2D eigenvalue weighted by atomic mass is 10.00. The van der Waals surface area contributed by atoms with Gasteiger partial charge in [-0.2, -0.15) is 9.97 Å². The number of rotatable bonds is 6. The highest BCUT2D eigenvalue weighted by Gasteiger charge is 2.22. The minimum Gasteiger partial charge on any atom is -0.309 e. The lowest BCUT2D eigenvalue weighted by Gasteiger charge is -2.16. The Labute approximate surface area is 323 Å². The van der Waals surface area contributed by atoms with Crippen LogP contribution in [0.3, 0.4) is 0 Å². The van der Waals surface area contributed by atoms with Crippen molar-refractivity contribution in [2.24, 2.45) is 0 Å². The van der Waals surface area contributed by atoms with E-state index in [2.05, 4.69) is 191 Å². The molecule has 8 aromatic carbocycles. The van der Waals surface area contributed by atoms with Crippen LogP contribution in [0.4, 0.5) is 0 Å². The Kier molecular flexibility index (Phi) is 7.42. The summed E-state index contributed by atoms with van der Waals surface area (Å²) in [6, 6.07) is 70.3. The standard InChI is InChI=1S/C51H33N5/c1-4-17-34(18-5-1)38-26-16-27-42-41-25-12-15-30-46(41)56(48(38)42)51-53-49(36-21-8-3-9-22-36)52-50(54-51)37-31-32-47(43(33-37)35-19-6-2-7-20-35)55-44-28-13-10-23-39(44)40-24-11-14-29-45(40)55/h1-33H. The fourth-order valence-corrected chi connectivity index (χ4v) is 8.29. The van der Waals surface area contributed by atoms with Crippen molar-refractivity contribution in [3.05, 3.63) is 200 Å². The second kappa shape index (κ2) is 13.0. The van der Waals surface area contributed by atoms with Gasteiger partial charge in [0.1, 0.15) is 0 Å². The summed E-state index contributed by atoms with van der Waals surface area (Å²) in [5, 5.41) is 4.74. The first-order chi connectivity index (χ1) is 27.8. The van der Waals surface area contributed by atoms with Crippen LogP contribution in [-0.2, 0) is 0 Å². The van der Waals surface area contributed by atoms with Gasteiger partial charge in [-0.3, -0.25) is 4.57 Å². The molecule has 0 saturated carbocycles. The van der Waals surface area contributed by atoms with Gasteiger partial charge in [0.25, 0.3) is 0 Å². The molecule has 0 atom stereocenters. The quantitative estimate of drug-likeness (QED) is 0.172. The summed E-state index contributed by atoms with van der Waals surface area (Å²) in [5.74, 6) is 1.78. The molecule has 0 spiro atoms. The molecule has 0 saturated heterocycles. The minimum absolute atomic E-state index is 0.566. The first-order valence-corrected chi connectivity index (χ1v) is 18.9. The van der Waals surface area contributed by atoms with Crippen molar-refractivity contribution in [2.45, 2.75) is 0 Å². The molecule has 11 rings (SSSR count). The maximum Gasteiger partial charge on any atom is 0.238 e. The molecule has 0 bridgehead atoms. The van der Waals surface area contributed by atoms with E-state index in [-0.39, 0.29) is 0 Å². The molecule has 3 aromatic heterocycles. The zero-order chi connectivity index (χ0) is 37.0. The summed E-state index contributed by atoms with van der Waals surface area (Å²) in [6.45, 7) is 0. The lowest BCUT2D eigenvalue weighted by molar-refractivity contribution is 0.953. The predicted molar refractivity (Wildman–Crippen MR) is 230 cm³/mol. The van der Waals surface area contributed by atoms with E-state index in [1.807, 2.05) is 18.2 Å². The van der Waals surface area contributed by atoms with Gasteiger partial charge in [-0.05, 0) is 47.5 Å². The molecule has 0 radical (unpaired) electrons. The molecule has 11 aromatic rings. The van der Waals surface area contributed by atoms with Crippen molar-refractivity contribution in [1.82, 2.24) is 24.1 Å². The molecule has 0 N–H and O–H groups in total. The number of hydrogen-bond donors (Lipinski definition) is 0. The van der Waals surface area contributed by atoms with Crippen LogP contribution in [0.25, 0.3) is 100 Å². The Morgan fingerprint density at radius 2 is 0.768 bits per heavy atom. The van der Waals surface area contributed by atoms with E-state index in [1.165, 1.54) is 10.8 Å². The van der Waals surface area contributed by atoms with Crippen LogP contribution in [0.15, 0.2) is 200 Å². The minimum atomic E-state index is 0.566. The van der Waals surface area contributed by atoms with E-state index in [4.69, 9.17) is 15.0 Å². The fourth-order valence-electron chi connectivity index (χ4n) is 8.29. The van der Waals surface area contributed by atoms with Crippen LogP contribution in [0, 0.1) is 0 Å². The van der Waals surface area contributed by atoms with Gasteiger partial charge >= 0.3 is 0 Å². The maximum absolute atomic E-state index is 5.37. The van der Waals surface area contributed by atoms with Crippen molar-refractivity contribution in [1.29, 1.82) is 0 Å². The zero-order valence-corrected chi connectivity index (χ0v) is 30.3. The molecular weight excluding hydrogens is 683 g/mol. The topological polar surface area (TPSA) is 48.5 Å². The normalized spacial score (nSPS) is 11.6. The third kappa shape index (κ3) is 5.13. The SMILES string of the molecule is c1ccc(-c2nc(-c3ccc(-n4c5ccccc5c5ccccc54)c(-c4ccccc4)c3)nc(-n3c4ccccc4c4cccc(-c5ccccc5)c43)n2)cc1. The molecule has 0 aliphatic rings. The lowest BCUT2D eigenvalue weighted by Crippen LogP contribution is -2.07. The first-order valence-electron chi connectivity index (χ1n) is 18.9. The Bertz CT molecular complexity index is 3180. The van der Waals surface area contributed by atoms with Gasteiger partial charge in [0.05, 0.1) is 27.8 Å². The van der Waals surface area contributed by atoms with Gasteiger partial charge in [-0.25, -0.2) is 4.98 Å². The molecular formula is C51H33N5. The number of para-hydroxylation sites is 4. The second-order valence-corrected chi connectivity index (χ2v) is 14.0. The van der Waals surface area contributed by atoms with Crippen LogP contribution >= 0.6 is 0 Å². The molecule has 262 valence electrons. The van der Waals surface area contributed by atoms with Crippen molar-refractivity contribution in [3.8, 4) is 56.7 Å². The number of benzene rings is 8. The van der Waals surface area contributed by atoms with Crippen molar-refractivity contribution in [3.63, 3.8) is 0 Å².